The summed E-state index contributed by atoms with van der Waals surface area (Å²) in [5.41, 5.74) is 13.3. The summed E-state index contributed by atoms with van der Waals surface area (Å²) in [7, 11) is 0. The van der Waals surface area contributed by atoms with Crippen LogP contribution >= 0.6 is 0 Å². The van der Waals surface area contributed by atoms with Gasteiger partial charge in [-0.1, -0.05) is 0 Å². The Kier molecular flexibility index (Phi) is 4.27. The molecule has 0 aromatic heterocycles. The molecule has 1 saturated heterocycles. The van der Waals surface area contributed by atoms with Crippen molar-refractivity contribution in [2.45, 2.75) is 19.3 Å². The molecular formula is C14H21N3O2. The molecule has 1 amide bonds. The summed E-state index contributed by atoms with van der Waals surface area (Å²) in [5.74, 6) is 0.0422. The molecule has 1 aliphatic heterocycles. The molecule has 1 heterocycles. The molecule has 1 atom stereocenters. The number of hydrogen-bond donors (Lipinski definition) is 3. The Balaban J connectivity index is 2.20. The van der Waals surface area contributed by atoms with Gasteiger partial charge in [-0.2, -0.15) is 0 Å². The van der Waals surface area contributed by atoms with Crippen molar-refractivity contribution in [3.63, 3.8) is 0 Å². The van der Waals surface area contributed by atoms with Gasteiger partial charge < -0.3 is 21.5 Å². The maximum Gasteiger partial charge on any atom is 0.248 e. The van der Waals surface area contributed by atoms with Crippen LogP contribution in [0, 0.1) is 5.92 Å². The summed E-state index contributed by atoms with van der Waals surface area (Å²) in [6.45, 7) is 2.01. The maximum atomic E-state index is 11.2. The van der Waals surface area contributed by atoms with E-state index in [4.69, 9.17) is 16.6 Å². The third kappa shape index (κ3) is 3.17. The number of primary amides is 1. The van der Waals surface area contributed by atoms with E-state index in [0.717, 1.165) is 38.0 Å². The van der Waals surface area contributed by atoms with E-state index < -0.39 is 5.91 Å². The lowest BCUT2D eigenvalue weighted by atomic mass is 9.94. The molecule has 5 N–H and O–H groups in total. The van der Waals surface area contributed by atoms with Crippen molar-refractivity contribution < 1.29 is 9.90 Å². The minimum Gasteiger partial charge on any atom is -0.397 e. The van der Waals surface area contributed by atoms with Crippen molar-refractivity contribution in [1.29, 1.82) is 0 Å². The first-order chi connectivity index (χ1) is 9.11. The molecule has 2 rings (SSSR count). The van der Waals surface area contributed by atoms with Crippen LogP contribution in [0.5, 0.6) is 0 Å². The smallest absolute Gasteiger partial charge is 0.248 e. The standard InChI is InChI=1S/C14H21N3O2/c15-12-4-3-11(14(16)19)8-13(12)17-6-1-2-10(9-17)5-7-18/h3-4,8,10,18H,1-2,5-7,9,15H2,(H2,16,19). The summed E-state index contributed by atoms with van der Waals surface area (Å²) in [5, 5.41) is 9.04. The van der Waals surface area contributed by atoms with Gasteiger partial charge >= 0.3 is 0 Å². The van der Waals surface area contributed by atoms with Gasteiger partial charge in [0.25, 0.3) is 0 Å². The van der Waals surface area contributed by atoms with Crippen molar-refractivity contribution in [3.05, 3.63) is 23.8 Å². The number of amides is 1. The highest BCUT2D eigenvalue weighted by atomic mass is 16.3. The number of nitrogens with zero attached hydrogens (tertiary/aromatic N) is 1. The molecule has 104 valence electrons. The first kappa shape index (κ1) is 13.7. The summed E-state index contributed by atoms with van der Waals surface area (Å²) in [4.78, 5) is 13.4. The lowest BCUT2D eigenvalue weighted by Gasteiger charge is -2.35. The van der Waals surface area contributed by atoms with E-state index in [-0.39, 0.29) is 6.61 Å². The van der Waals surface area contributed by atoms with Crippen molar-refractivity contribution in [1.82, 2.24) is 0 Å². The van der Waals surface area contributed by atoms with Gasteiger partial charge in [0.05, 0.1) is 11.4 Å². The first-order valence-corrected chi connectivity index (χ1v) is 6.67. The second kappa shape index (κ2) is 5.93. The van der Waals surface area contributed by atoms with E-state index in [1.165, 1.54) is 0 Å². The van der Waals surface area contributed by atoms with Gasteiger partial charge in [0.15, 0.2) is 0 Å². The predicted octanol–water partition coefficient (Wildman–Crippen LogP) is 0.966. The number of carbonyl (C=O) groups is 1. The lowest BCUT2D eigenvalue weighted by molar-refractivity contribution is 0.100. The zero-order valence-corrected chi connectivity index (χ0v) is 11.0. The number of nitrogen functional groups attached to an aromatic ring is 1. The Morgan fingerprint density at radius 3 is 2.95 bits per heavy atom. The average molecular weight is 263 g/mol. The highest BCUT2D eigenvalue weighted by Gasteiger charge is 2.21. The Morgan fingerprint density at radius 2 is 2.26 bits per heavy atom. The van der Waals surface area contributed by atoms with E-state index in [2.05, 4.69) is 4.90 Å². The maximum absolute atomic E-state index is 11.2. The van der Waals surface area contributed by atoms with Gasteiger partial charge in [-0.25, -0.2) is 0 Å². The number of carbonyl (C=O) groups excluding carboxylic acids is 1. The molecule has 5 nitrogen and oxygen atoms in total. The minimum absolute atomic E-state index is 0.218. The van der Waals surface area contributed by atoms with E-state index in [1.54, 1.807) is 18.2 Å². The molecule has 19 heavy (non-hydrogen) atoms. The van der Waals surface area contributed by atoms with E-state index in [9.17, 15) is 4.79 Å². The lowest BCUT2D eigenvalue weighted by Crippen LogP contribution is -2.36. The van der Waals surface area contributed by atoms with Gasteiger partial charge in [-0.3, -0.25) is 4.79 Å². The first-order valence-electron chi connectivity index (χ1n) is 6.67. The topological polar surface area (TPSA) is 92.6 Å². The fourth-order valence-corrected chi connectivity index (χ4v) is 2.67. The molecule has 1 aromatic carbocycles. The van der Waals surface area contributed by atoms with Gasteiger partial charge in [-0.15, -0.1) is 0 Å². The van der Waals surface area contributed by atoms with Crippen molar-refractivity contribution >= 4 is 17.3 Å². The fraction of sp³-hybridized carbons (Fsp3) is 0.500. The number of aliphatic hydroxyl groups is 1. The van der Waals surface area contributed by atoms with Crippen LogP contribution in [0.25, 0.3) is 0 Å². The molecule has 0 aliphatic carbocycles. The number of nitrogens with two attached hydrogens (primary N) is 2. The van der Waals surface area contributed by atoms with E-state index >= 15 is 0 Å². The largest absolute Gasteiger partial charge is 0.397 e. The molecule has 0 radical (unpaired) electrons. The Hall–Kier alpha value is -1.75. The van der Waals surface area contributed by atoms with Crippen LogP contribution in [0.2, 0.25) is 0 Å². The van der Waals surface area contributed by atoms with Crippen molar-refractivity contribution in [2.75, 3.05) is 30.3 Å². The fourth-order valence-electron chi connectivity index (χ4n) is 2.67. The van der Waals surface area contributed by atoms with Crippen LogP contribution in [0.4, 0.5) is 11.4 Å². The van der Waals surface area contributed by atoms with E-state index in [0.29, 0.717) is 17.2 Å². The second-order valence-electron chi connectivity index (χ2n) is 5.10. The van der Waals surface area contributed by atoms with Crippen LogP contribution in [-0.4, -0.2) is 30.7 Å². The summed E-state index contributed by atoms with van der Waals surface area (Å²) >= 11 is 0. The van der Waals surface area contributed by atoms with Gasteiger partial charge in [0, 0.05) is 25.3 Å². The number of hydrogen-bond acceptors (Lipinski definition) is 4. The number of anilines is 2. The molecule has 0 bridgehead atoms. The molecule has 5 heteroatoms. The van der Waals surface area contributed by atoms with Crippen molar-refractivity contribution in [3.8, 4) is 0 Å². The van der Waals surface area contributed by atoms with Crippen LogP contribution in [0.15, 0.2) is 18.2 Å². The quantitative estimate of drug-likeness (QED) is 0.706. The molecule has 1 unspecified atom stereocenters. The number of rotatable bonds is 4. The number of piperidine rings is 1. The van der Waals surface area contributed by atoms with E-state index in [1.807, 2.05) is 0 Å². The molecule has 1 fully saturated rings. The van der Waals surface area contributed by atoms with Crippen LogP contribution in [0.1, 0.15) is 29.6 Å². The summed E-state index contributed by atoms with van der Waals surface area (Å²) in [6, 6.07) is 5.14. The summed E-state index contributed by atoms with van der Waals surface area (Å²) in [6.07, 6.45) is 3.02. The Labute approximate surface area is 113 Å². The number of aliphatic hydroxyl groups excluding tert-OH is 1. The van der Waals surface area contributed by atoms with Gasteiger partial charge in [0.1, 0.15) is 0 Å². The van der Waals surface area contributed by atoms with Crippen LogP contribution in [-0.2, 0) is 0 Å². The van der Waals surface area contributed by atoms with Crippen LogP contribution < -0.4 is 16.4 Å². The predicted molar refractivity (Wildman–Crippen MR) is 76.0 cm³/mol. The van der Waals surface area contributed by atoms with Gasteiger partial charge in [-0.05, 0) is 43.4 Å². The van der Waals surface area contributed by atoms with Crippen molar-refractivity contribution in [2.24, 2.45) is 11.7 Å². The zero-order chi connectivity index (χ0) is 13.8. The Bertz CT molecular complexity index is 460. The molecule has 0 spiro atoms. The number of benzene rings is 1. The molecule has 0 saturated carbocycles. The highest BCUT2D eigenvalue weighted by Crippen LogP contribution is 2.30. The zero-order valence-electron chi connectivity index (χ0n) is 11.0. The Morgan fingerprint density at radius 1 is 1.47 bits per heavy atom. The monoisotopic (exact) mass is 263 g/mol. The normalized spacial score (nSPS) is 19.4. The van der Waals surface area contributed by atoms with Crippen LogP contribution in [0.3, 0.4) is 0 Å². The third-order valence-electron chi connectivity index (χ3n) is 3.71. The minimum atomic E-state index is -0.440. The SMILES string of the molecule is NC(=O)c1ccc(N)c(N2CCCC(CCO)C2)c1. The molecule has 1 aliphatic rings. The van der Waals surface area contributed by atoms with Gasteiger partial charge in [0.2, 0.25) is 5.91 Å². The molecule has 1 aromatic rings. The third-order valence-corrected chi connectivity index (χ3v) is 3.71. The highest BCUT2D eigenvalue weighted by molar-refractivity contribution is 5.95. The average Bonchev–Trinajstić information content (AvgIpc) is 2.39. The summed E-state index contributed by atoms with van der Waals surface area (Å²) < 4.78 is 0. The molecular weight excluding hydrogens is 242 g/mol. The second-order valence-corrected chi connectivity index (χ2v) is 5.10.